The van der Waals surface area contributed by atoms with Gasteiger partial charge in [0.25, 0.3) is 0 Å². The maximum Gasteiger partial charge on any atom is 0.142 e. The Kier molecular flexibility index (Phi) is 3.43. The normalized spacial score (nSPS) is 29.8. The van der Waals surface area contributed by atoms with E-state index in [2.05, 4.69) is 0 Å². The molecule has 0 amide bonds. The van der Waals surface area contributed by atoms with Crippen LogP contribution in [0.2, 0.25) is 0 Å². The number of hydrogen-bond acceptors (Lipinski definition) is 2. The molecule has 0 aromatic carbocycles. The molecular weight excluding hydrogens is 167 g/mol. The summed E-state index contributed by atoms with van der Waals surface area (Å²) in [7, 11) is 0. The van der Waals surface area contributed by atoms with Gasteiger partial charge in [-0.3, -0.25) is 0 Å². The number of rotatable bonds is 0. The van der Waals surface area contributed by atoms with Gasteiger partial charge >= 0.3 is 0 Å². The molecule has 0 saturated carbocycles. The SMILES string of the molecule is N=C1C/C=C/C=C(N)\C(F)=C/CC1. The molecule has 1 aliphatic carbocycles. The molecule has 0 aromatic heterocycles. The van der Waals surface area contributed by atoms with Crippen molar-refractivity contribution in [2.45, 2.75) is 19.3 Å². The van der Waals surface area contributed by atoms with Crippen molar-refractivity contribution in [2.75, 3.05) is 0 Å². The van der Waals surface area contributed by atoms with Gasteiger partial charge in [0.1, 0.15) is 5.83 Å². The number of nitrogens with one attached hydrogen (secondary N) is 1. The fourth-order valence-electron chi connectivity index (χ4n) is 1.05. The lowest BCUT2D eigenvalue weighted by molar-refractivity contribution is 0.641. The number of allylic oxidation sites excluding steroid dienone is 5. The predicted octanol–water partition coefficient (Wildman–Crippen LogP) is 2.44. The molecule has 0 spiro atoms. The Balaban J connectivity index is 2.80. The maximum atomic E-state index is 13.0. The van der Waals surface area contributed by atoms with Gasteiger partial charge in [-0.25, -0.2) is 4.39 Å². The average Bonchev–Trinajstić information content (AvgIpc) is 2.11. The quantitative estimate of drug-likeness (QED) is 0.591. The Morgan fingerprint density at radius 1 is 1.46 bits per heavy atom. The smallest absolute Gasteiger partial charge is 0.142 e. The molecule has 2 nitrogen and oxygen atoms in total. The van der Waals surface area contributed by atoms with Crippen LogP contribution in [0.1, 0.15) is 19.3 Å². The zero-order chi connectivity index (χ0) is 9.68. The molecule has 70 valence electrons. The largest absolute Gasteiger partial charge is 0.396 e. The van der Waals surface area contributed by atoms with Gasteiger partial charge in [-0.1, -0.05) is 12.2 Å². The molecule has 0 bridgehead atoms. The predicted molar refractivity (Wildman–Crippen MR) is 52.2 cm³/mol. The van der Waals surface area contributed by atoms with Gasteiger partial charge in [-0.15, -0.1) is 0 Å². The van der Waals surface area contributed by atoms with Crippen LogP contribution in [0.25, 0.3) is 0 Å². The van der Waals surface area contributed by atoms with Crippen LogP contribution in [0, 0.1) is 5.41 Å². The first-order chi connectivity index (χ1) is 6.20. The van der Waals surface area contributed by atoms with E-state index in [4.69, 9.17) is 11.1 Å². The van der Waals surface area contributed by atoms with Crippen molar-refractivity contribution in [1.29, 1.82) is 5.41 Å². The zero-order valence-electron chi connectivity index (χ0n) is 7.39. The highest BCUT2D eigenvalue weighted by Crippen LogP contribution is 2.10. The minimum Gasteiger partial charge on any atom is -0.396 e. The third kappa shape index (κ3) is 3.23. The second-order valence-corrected chi connectivity index (χ2v) is 2.95. The van der Waals surface area contributed by atoms with Crippen LogP contribution >= 0.6 is 0 Å². The summed E-state index contributed by atoms with van der Waals surface area (Å²) >= 11 is 0. The third-order valence-electron chi connectivity index (χ3n) is 1.82. The maximum absolute atomic E-state index is 13.0. The first kappa shape index (κ1) is 9.71. The van der Waals surface area contributed by atoms with E-state index in [0.29, 0.717) is 25.0 Å². The molecule has 1 aliphatic rings. The van der Waals surface area contributed by atoms with E-state index >= 15 is 0 Å². The van der Waals surface area contributed by atoms with E-state index in [-0.39, 0.29) is 11.5 Å². The second kappa shape index (κ2) is 4.60. The monoisotopic (exact) mass is 180 g/mol. The summed E-state index contributed by atoms with van der Waals surface area (Å²) in [5.41, 5.74) is 6.19. The van der Waals surface area contributed by atoms with Crippen molar-refractivity contribution in [3.05, 3.63) is 35.8 Å². The summed E-state index contributed by atoms with van der Waals surface area (Å²) in [6.45, 7) is 0. The third-order valence-corrected chi connectivity index (χ3v) is 1.82. The van der Waals surface area contributed by atoms with E-state index in [1.54, 1.807) is 6.08 Å². The van der Waals surface area contributed by atoms with Gasteiger partial charge in [0.05, 0.1) is 5.70 Å². The molecule has 0 saturated heterocycles. The Bertz CT molecular complexity index is 287. The summed E-state index contributed by atoms with van der Waals surface area (Å²) in [5, 5.41) is 7.46. The van der Waals surface area contributed by atoms with Gasteiger partial charge in [0.15, 0.2) is 0 Å². The van der Waals surface area contributed by atoms with E-state index in [1.807, 2.05) is 6.08 Å². The fraction of sp³-hybridized carbons (Fsp3) is 0.300. The molecule has 13 heavy (non-hydrogen) atoms. The molecule has 0 atom stereocenters. The van der Waals surface area contributed by atoms with Crippen molar-refractivity contribution >= 4 is 5.71 Å². The van der Waals surface area contributed by atoms with Crippen LogP contribution in [-0.2, 0) is 0 Å². The van der Waals surface area contributed by atoms with E-state index in [1.165, 1.54) is 12.2 Å². The van der Waals surface area contributed by atoms with Crippen LogP contribution < -0.4 is 5.73 Å². The van der Waals surface area contributed by atoms with Gasteiger partial charge in [-0.05, 0) is 25.0 Å². The highest BCUT2D eigenvalue weighted by molar-refractivity contribution is 5.82. The van der Waals surface area contributed by atoms with Crippen molar-refractivity contribution < 1.29 is 4.39 Å². The lowest BCUT2D eigenvalue weighted by Gasteiger charge is -2.01. The van der Waals surface area contributed by atoms with Crippen LogP contribution in [0.3, 0.4) is 0 Å². The Hall–Kier alpha value is -1.38. The fourth-order valence-corrected chi connectivity index (χ4v) is 1.05. The first-order valence-corrected chi connectivity index (χ1v) is 4.25. The van der Waals surface area contributed by atoms with Crippen LogP contribution in [0.4, 0.5) is 4.39 Å². The average molecular weight is 180 g/mol. The van der Waals surface area contributed by atoms with Crippen molar-refractivity contribution in [2.24, 2.45) is 5.73 Å². The molecule has 0 aromatic rings. The topological polar surface area (TPSA) is 49.9 Å². The Morgan fingerprint density at radius 2 is 2.23 bits per heavy atom. The highest BCUT2D eigenvalue weighted by Gasteiger charge is 2.00. The summed E-state index contributed by atoms with van der Waals surface area (Å²) in [4.78, 5) is 0. The number of nitrogens with two attached hydrogens (primary N) is 1. The van der Waals surface area contributed by atoms with E-state index in [9.17, 15) is 4.39 Å². The lowest BCUT2D eigenvalue weighted by atomic mass is 10.1. The van der Waals surface area contributed by atoms with Crippen LogP contribution in [0.15, 0.2) is 35.8 Å². The van der Waals surface area contributed by atoms with E-state index in [0.717, 1.165) is 0 Å². The molecule has 0 fully saturated rings. The van der Waals surface area contributed by atoms with Crippen LogP contribution in [0.5, 0.6) is 0 Å². The molecule has 0 heterocycles. The van der Waals surface area contributed by atoms with Crippen molar-refractivity contribution in [3.63, 3.8) is 0 Å². The molecule has 0 unspecified atom stereocenters. The molecule has 0 aliphatic heterocycles. The molecular formula is C10H13FN2. The molecule has 3 heteroatoms. The Morgan fingerprint density at radius 3 is 3.00 bits per heavy atom. The standard InChI is InChI=1S/C10H13FN2/c11-9-6-3-5-8(12)4-1-2-7-10(9)13/h1-2,6-7,12H,3-5,13H2/b2-1+,9-6+,10-7+,12-8?. The van der Waals surface area contributed by atoms with Gasteiger partial charge in [0.2, 0.25) is 0 Å². The summed E-state index contributed by atoms with van der Waals surface area (Å²) in [5.74, 6) is -0.389. The first-order valence-electron chi connectivity index (χ1n) is 4.25. The summed E-state index contributed by atoms with van der Waals surface area (Å²) in [6, 6.07) is 0. The highest BCUT2D eigenvalue weighted by atomic mass is 19.1. The number of hydrogen-bond donors (Lipinski definition) is 2. The van der Waals surface area contributed by atoms with Gasteiger partial charge < -0.3 is 11.1 Å². The van der Waals surface area contributed by atoms with Gasteiger partial charge in [-0.2, -0.15) is 0 Å². The van der Waals surface area contributed by atoms with Gasteiger partial charge in [0, 0.05) is 12.1 Å². The van der Waals surface area contributed by atoms with Crippen molar-refractivity contribution in [3.8, 4) is 0 Å². The minimum absolute atomic E-state index is 0.157. The van der Waals surface area contributed by atoms with Crippen molar-refractivity contribution in [1.82, 2.24) is 0 Å². The lowest BCUT2D eigenvalue weighted by Crippen LogP contribution is -1.99. The van der Waals surface area contributed by atoms with Crippen LogP contribution in [-0.4, -0.2) is 5.71 Å². The van der Waals surface area contributed by atoms with E-state index < -0.39 is 0 Å². The molecule has 3 N–H and O–H groups in total. The number of halogens is 1. The minimum atomic E-state index is -0.389. The molecule has 1 rings (SSSR count). The molecule has 0 radical (unpaired) electrons. The Labute approximate surface area is 77.1 Å². The summed E-state index contributed by atoms with van der Waals surface area (Å²) < 4.78 is 13.0. The summed E-state index contributed by atoms with van der Waals surface area (Å²) in [6.07, 6.45) is 8.22. The zero-order valence-corrected chi connectivity index (χ0v) is 7.39. The second-order valence-electron chi connectivity index (χ2n) is 2.95.